The molecule has 1 heterocycles. The summed E-state index contributed by atoms with van der Waals surface area (Å²) < 4.78 is 0. The molecule has 1 aliphatic rings. The molecule has 0 aromatic heterocycles. The molecule has 85 heavy (non-hydrogen) atoms. The average molecular weight is 1200 g/mol. The zero-order valence-corrected chi connectivity index (χ0v) is 50.2. The second kappa shape index (κ2) is 39.7. The lowest BCUT2D eigenvalue weighted by Crippen LogP contribution is -2.62. The molecule has 29 heteroatoms. The number of nitrogens with two attached hydrogens (primary N) is 5. The Morgan fingerprint density at radius 2 is 1.06 bits per heavy atom. The number of nitrogens with one attached hydrogen (secondary N) is 11. The van der Waals surface area contributed by atoms with Crippen molar-refractivity contribution in [3.63, 3.8) is 0 Å². The third kappa shape index (κ3) is 26.9. The van der Waals surface area contributed by atoms with Gasteiger partial charge in [0.15, 0.2) is 0 Å². The van der Waals surface area contributed by atoms with Crippen molar-refractivity contribution in [2.24, 2.45) is 40.5 Å². The van der Waals surface area contributed by atoms with Crippen molar-refractivity contribution in [2.75, 3.05) is 39.3 Å². The monoisotopic (exact) mass is 1200 g/mol. The Balaban J connectivity index is 2.67. The van der Waals surface area contributed by atoms with Gasteiger partial charge in [0.25, 0.3) is 0 Å². The third-order valence-electron chi connectivity index (χ3n) is 14.3. The summed E-state index contributed by atoms with van der Waals surface area (Å²) in [5, 5.41) is 49.7. The minimum Gasteiger partial charge on any atom is -0.391 e. The molecule has 1 fully saturated rings. The van der Waals surface area contributed by atoms with Gasteiger partial charge in [-0.25, -0.2) is 0 Å². The van der Waals surface area contributed by atoms with Crippen LogP contribution in [0.1, 0.15) is 124 Å². The van der Waals surface area contributed by atoms with E-state index in [-0.39, 0.29) is 90.0 Å². The standard InChI is InChI=1S/C56H98N16O13/c1-7-32(4)13-11-12-16-44(75)63-36(17-23-57)51(80)72-46(34(6)74)56(85)68-39(20-26-60)48(77)67-41-22-28-62-55(84)45(33(5)73)71-52(81)40(21-27-61)65-47(76)37(18-24-58)66-53(82)42(29-31(2)3)69-54(83)43(30-35-14-9-8-10-15-35)70-49(78)38(19-25-59)64-50(41)79/h8-10,14-15,31-34,36-43,45-46,73-74H,7,11-13,16-30,57-61H2,1-6H3,(H,62,84)(H,63,75)(H,64,79)(H,65,76)(H,66,82)(H,67,77)(H,68,85)(H,69,83)(H,70,78)(H,71,81)(H,72,80)/t32?,33-,34?,36+,37+,38+,39+,40+,41+,42+,43-,45+,46+/m1/s1. The largest absolute Gasteiger partial charge is 0.391 e. The summed E-state index contributed by atoms with van der Waals surface area (Å²) in [6.45, 7) is 9.00. The summed E-state index contributed by atoms with van der Waals surface area (Å²) in [4.78, 5) is 154. The Labute approximate surface area is 498 Å². The average Bonchev–Trinajstić information content (AvgIpc) is 3.67. The van der Waals surface area contributed by atoms with E-state index in [1.807, 2.05) is 0 Å². The van der Waals surface area contributed by atoms with E-state index < -0.39 is 151 Å². The number of carbonyl (C=O) groups excluding carboxylic acids is 11. The molecule has 0 bridgehead atoms. The van der Waals surface area contributed by atoms with Gasteiger partial charge in [-0.2, -0.15) is 0 Å². The number of amides is 11. The van der Waals surface area contributed by atoms with Gasteiger partial charge in [-0.1, -0.05) is 77.3 Å². The summed E-state index contributed by atoms with van der Waals surface area (Å²) in [6.07, 6.45) is -1.05. The normalized spacial score (nSPS) is 22.9. The van der Waals surface area contributed by atoms with E-state index in [1.54, 1.807) is 44.2 Å². The maximum atomic E-state index is 14.5. The minimum absolute atomic E-state index is 0.0173. The zero-order chi connectivity index (χ0) is 63.8. The lowest BCUT2D eigenvalue weighted by molar-refractivity contribution is -0.137. The fourth-order valence-electron chi connectivity index (χ4n) is 9.12. The number of aliphatic hydroxyl groups is 2. The number of hydrogen-bond acceptors (Lipinski definition) is 18. The number of unbranched alkanes of at least 4 members (excludes halogenated alkanes) is 1. The highest BCUT2D eigenvalue weighted by Gasteiger charge is 2.37. The van der Waals surface area contributed by atoms with Crippen LogP contribution < -0.4 is 87.2 Å². The molecule has 29 nitrogen and oxygen atoms in total. The predicted octanol–water partition coefficient (Wildman–Crippen LogP) is -5.24. The Morgan fingerprint density at radius 1 is 0.565 bits per heavy atom. The Hall–Kier alpha value is -6.89. The lowest BCUT2D eigenvalue weighted by atomic mass is 10.00. The molecule has 13 atom stereocenters. The van der Waals surface area contributed by atoms with E-state index in [0.717, 1.165) is 19.3 Å². The quantitative estimate of drug-likeness (QED) is 0.0333. The second-order valence-electron chi connectivity index (χ2n) is 22.0. The van der Waals surface area contributed by atoms with Crippen LogP contribution in [0.15, 0.2) is 30.3 Å². The smallest absolute Gasteiger partial charge is 0.245 e. The Morgan fingerprint density at radius 3 is 1.56 bits per heavy atom. The van der Waals surface area contributed by atoms with Gasteiger partial charge in [-0.3, -0.25) is 52.7 Å². The molecule has 0 aliphatic carbocycles. The molecule has 2 rings (SSSR count). The van der Waals surface area contributed by atoms with Crippen LogP contribution in [0.25, 0.3) is 0 Å². The van der Waals surface area contributed by atoms with Crippen LogP contribution >= 0.6 is 0 Å². The minimum atomic E-state index is -1.70. The first-order valence-corrected chi connectivity index (χ1v) is 29.5. The Bertz CT molecular complexity index is 2320. The SMILES string of the molecule is CCC(C)CCCCC(=O)N[C@@H](CCN)C(=O)N[C@H](C(=O)N[C@@H](CCN)C(=O)N[C@H]1CCNC(=O)[C@H]([C@@H](C)O)NC(=O)[C@H](CCN)NC(=O)[C@H](CCN)NC(=O)[C@H](CC(C)C)NC(=O)[C@@H](Cc2ccccc2)NC(=O)[C@H](CCN)NC1=O)C(C)O. The summed E-state index contributed by atoms with van der Waals surface area (Å²) in [5.41, 5.74) is 29.9. The molecule has 1 aromatic rings. The molecular weight excluding hydrogens is 1100 g/mol. The molecular formula is C56H98N16O13. The van der Waals surface area contributed by atoms with E-state index in [0.29, 0.717) is 17.9 Å². The van der Waals surface area contributed by atoms with Gasteiger partial charge >= 0.3 is 0 Å². The Kier molecular flexibility index (Phi) is 34.6. The van der Waals surface area contributed by atoms with Crippen LogP contribution in [0.4, 0.5) is 0 Å². The van der Waals surface area contributed by atoms with Crippen LogP contribution in [-0.4, -0.2) is 187 Å². The van der Waals surface area contributed by atoms with Crippen LogP contribution in [0.3, 0.4) is 0 Å². The third-order valence-corrected chi connectivity index (χ3v) is 14.3. The molecule has 480 valence electrons. The topological polar surface area (TPSA) is 491 Å². The summed E-state index contributed by atoms with van der Waals surface area (Å²) in [6, 6.07) is -6.23. The van der Waals surface area contributed by atoms with Crippen LogP contribution in [0.2, 0.25) is 0 Å². The second-order valence-corrected chi connectivity index (χ2v) is 22.0. The van der Waals surface area contributed by atoms with E-state index in [4.69, 9.17) is 28.7 Å². The van der Waals surface area contributed by atoms with E-state index in [2.05, 4.69) is 72.3 Å². The summed E-state index contributed by atoms with van der Waals surface area (Å²) in [5.74, 6) is -9.45. The van der Waals surface area contributed by atoms with Gasteiger partial charge in [0.1, 0.15) is 60.4 Å². The van der Waals surface area contributed by atoms with Crippen LogP contribution in [-0.2, 0) is 59.2 Å². The van der Waals surface area contributed by atoms with E-state index >= 15 is 0 Å². The number of rotatable bonds is 29. The number of aliphatic hydroxyl groups excluding tert-OH is 2. The molecule has 0 saturated carbocycles. The van der Waals surface area contributed by atoms with Gasteiger partial charge in [0.2, 0.25) is 65.0 Å². The van der Waals surface area contributed by atoms with Gasteiger partial charge in [0.05, 0.1) is 12.2 Å². The van der Waals surface area contributed by atoms with E-state index in [1.165, 1.54) is 13.8 Å². The van der Waals surface area contributed by atoms with Crippen molar-refractivity contribution in [1.29, 1.82) is 0 Å². The van der Waals surface area contributed by atoms with Crippen LogP contribution in [0.5, 0.6) is 0 Å². The number of benzene rings is 1. The highest BCUT2D eigenvalue weighted by molar-refractivity contribution is 5.99. The molecule has 1 aliphatic heterocycles. The number of carbonyl (C=O) groups is 11. The maximum Gasteiger partial charge on any atom is 0.245 e. The first kappa shape index (κ1) is 74.2. The molecule has 23 N–H and O–H groups in total. The van der Waals surface area contributed by atoms with Crippen molar-refractivity contribution in [3.05, 3.63) is 35.9 Å². The van der Waals surface area contributed by atoms with Crippen molar-refractivity contribution in [3.8, 4) is 0 Å². The molecule has 0 radical (unpaired) electrons. The molecule has 1 saturated heterocycles. The highest BCUT2D eigenvalue weighted by atomic mass is 16.3. The lowest BCUT2D eigenvalue weighted by Gasteiger charge is -2.29. The van der Waals surface area contributed by atoms with Crippen molar-refractivity contribution >= 4 is 65.0 Å². The molecule has 11 amide bonds. The summed E-state index contributed by atoms with van der Waals surface area (Å²) in [7, 11) is 0. The van der Waals surface area contributed by atoms with Gasteiger partial charge < -0.3 is 97.4 Å². The van der Waals surface area contributed by atoms with Gasteiger partial charge in [-0.15, -0.1) is 0 Å². The maximum absolute atomic E-state index is 14.5. The van der Waals surface area contributed by atoms with Gasteiger partial charge in [0, 0.05) is 19.4 Å². The number of hydrogen-bond donors (Lipinski definition) is 18. The first-order valence-electron chi connectivity index (χ1n) is 29.5. The van der Waals surface area contributed by atoms with Gasteiger partial charge in [-0.05, 0) is 115 Å². The first-order chi connectivity index (χ1) is 40.3. The van der Waals surface area contributed by atoms with Crippen molar-refractivity contribution in [2.45, 2.75) is 198 Å². The summed E-state index contributed by atoms with van der Waals surface area (Å²) >= 11 is 0. The fraction of sp³-hybridized carbons (Fsp3) is 0.696. The molecule has 2 unspecified atom stereocenters. The molecule has 1 aromatic carbocycles. The van der Waals surface area contributed by atoms with Crippen LogP contribution in [0, 0.1) is 11.8 Å². The van der Waals surface area contributed by atoms with Crippen molar-refractivity contribution in [1.82, 2.24) is 58.5 Å². The molecule has 0 spiro atoms. The van der Waals surface area contributed by atoms with E-state index in [9.17, 15) is 63.0 Å². The zero-order valence-electron chi connectivity index (χ0n) is 50.2. The fourth-order valence-corrected chi connectivity index (χ4v) is 9.12. The van der Waals surface area contributed by atoms with Crippen molar-refractivity contribution < 1.29 is 63.0 Å². The predicted molar refractivity (Wildman–Crippen MR) is 316 cm³/mol. The highest BCUT2D eigenvalue weighted by Crippen LogP contribution is 2.14.